The highest BCUT2D eigenvalue weighted by Crippen LogP contribution is 2.12. The largest absolute Gasteiger partial charge is 0.351 e. The molecule has 3 aromatic rings. The van der Waals surface area contributed by atoms with E-state index in [1.54, 1.807) is 6.20 Å². The van der Waals surface area contributed by atoms with Crippen LogP contribution in [-0.4, -0.2) is 18.7 Å². The summed E-state index contributed by atoms with van der Waals surface area (Å²) in [4.78, 5) is 24.6. The van der Waals surface area contributed by atoms with Gasteiger partial charge < -0.3 is 0 Å². The van der Waals surface area contributed by atoms with Crippen LogP contribution in [0.3, 0.4) is 0 Å². The Bertz CT molecular complexity index is 1030. The van der Waals surface area contributed by atoms with Crippen molar-refractivity contribution < 1.29 is 0 Å². The molecular formula is C16H14N4O2. The Balaban J connectivity index is 2.27. The average molecular weight is 294 g/mol. The summed E-state index contributed by atoms with van der Waals surface area (Å²) in [5, 5.41) is 4.02. The predicted octanol–water partition coefficient (Wildman–Crippen LogP) is 0.897. The van der Waals surface area contributed by atoms with Crippen molar-refractivity contribution in [3.05, 3.63) is 62.6 Å². The number of hydrogen-bond acceptors (Lipinski definition) is 3. The predicted molar refractivity (Wildman–Crippen MR) is 83.4 cm³/mol. The molecule has 0 amide bonds. The highest BCUT2D eigenvalue weighted by atomic mass is 16.2. The average Bonchev–Trinajstić information content (AvgIpc) is 2.81. The maximum atomic E-state index is 12.6. The van der Waals surface area contributed by atoms with E-state index in [-0.39, 0.29) is 17.8 Å². The first-order valence-corrected chi connectivity index (χ1v) is 6.75. The van der Waals surface area contributed by atoms with E-state index < -0.39 is 5.69 Å². The number of benzene rings is 1. The lowest BCUT2D eigenvalue weighted by Gasteiger charge is -2.08. The third-order valence-corrected chi connectivity index (χ3v) is 3.66. The van der Waals surface area contributed by atoms with Crippen LogP contribution in [0.15, 0.2) is 40.2 Å². The fraction of sp³-hybridized carbons (Fsp3) is 0.188. The topological polar surface area (TPSA) is 61.3 Å². The van der Waals surface area contributed by atoms with Gasteiger partial charge in [-0.2, -0.15) is 0 Å². The molecule has 3 rings (SSSR count). The first-order chi connectivity index (χ1) is 10.5. The Hall–Kier alpha value is -3.07. The van der Waals surface area contributed by atoms with Gasteiger partial charge in [0, 0.05) is 18.1 Å². The van der Waals surface area contributed by atoms with E-state index >= 15 is 0 Å². The molecular weight excluding hydrogens is 280 g/mol. The van der Waals surface area contributed by atoms with Crippen molar-refractivity contribution >= 4 is 5.65 Å². The minimum atomic E-state index is -0.419. The number of terminal acetylenes is 1. The monoisotopic (exact) mass is 294 g/mol. The van der Waals surface area contributed by atoms with Crippen LogP contribution >= 0.6 is 0 Å². The molecule has 0 unspecified atom stereocenters. The zero-order valence-electron chi connectivity index (χ0n) is 12.3. The summed E-state index contributed by atoms with van der Waals surface area (Å²) >= 11 is 0. The lowest BCUT2D eigenvalue weighted by Crippen LogP contribution is -2.24. The van der Waals surface area contributed by atoms with Gasteiger partial charge in [0.15, 0.2) is 0 Å². The molecule has 0 saturated heterocycles. The first-order valence-electron chi connectivity index (χ1n) is 6.75. The van der Waals surface area contributed by atoms with E-state index in [0.29, 0.717) is 0 Å². The van der Waals surface area contributed by atoms with Gasteiger partial charge in [-0.25, -0.2) is 13.9 Å². The number of nitrogens with zero attached hydrogens (tertiary/aromatic N) is 4. The molecule has 0 radical (unpaired) electrons. The Kier molecular flexibility index (Phi) is 3.18. The molecule has 0 N–H and O–H groups in total. The van der Waals surface area contributed by atoms with Gasteiger partial charge in [0.05, 0.1) is 0 Å². The summed E-state index contributed by atoms with van der Waals surface area (Å²) in [5.41, 5.74) is 2.23. The van der Waals surface area contributed by atoms with Crippen LogP contribution in [0.4, 0.5) is 0 Å². The van der Waals surface area contributed by atoms with Crippen LogP contribution in [-0.2, 0) is 6.54 Å². The molecule has 2 heterocycles. The van der Waals surface area contributed by atoms with E-state index in [2.05, 4.69) is 11.0 Å². The highest BCUT2D eigenvalue weighted by molar-refractivity contribution is 5.43. The van der Waals surface area contributed by atoms with Crippen LogP contribution in [0.2, 0.25) is 0 Å². The van der Waals surface area contributed by atoms with Crippen LogP contribution in [0.1, 0.15) is 11.1 Å². The molecule has 0 aliphatic rings. The quantitative estimate of drug-likeness (QED) is 0.660. The number of hydrogen-bond donors (Lipinski definition) is 0. The second kappa shape index (κ2) is 5.04. The second-order valence-corrected chi connectivity index (χ2v) is 5.08. The third kappa shape index (κ3) is 2.04. The molecule has 0 aliphatic carbocycles. The van der Waals surface area contributed by atoms with Gasteiger partial charge in [-0.05, 0) is 37.1 Å². The second-order valence-electron chi connectivity index (χ2n) is 5.08. The summed E-state index contributed by atoms with van der Waals surface area (Å²) in [6, 6.07) is 5.73. The molecule has 0 spiro atoms. The van der Waals surface area contributed by atoms with Crippen molar-refractivity contribution in [1.29, 1.82) is 0 Å². The van der Waals surface area contributed by atoms with Gasteiger partial charge in [0.25, 0.3) is 0 Å². The molecule has 0 atom stereocenters. The number of rotatable bonds is 2. The summed E-state index contributed by atoms with van der Waals surface area (Å²) in [6.45, 7) is 4.02. The number of fused-ring (bicyclic) bond motifs is 1. The van der Waals surface area contributed by atoms with Crippen molar-refractivity contribution in [1.82, 2.24) is 18.7 Å². The van der Waals surface area contributed by atoms with Crippen molar-refractivity contribution in [3.63, 3.8) is 0 Å². The zero-order chi connectivity index (χ0) is 15.9. The van der Waals surface area contributed by atoms with Gasteiger partial charge in [-0.1, -0.05) is 12.0 Å². The van der Waals surface area contributed by atoms with Crippen molar-refractivity contribution in [2.75, 3.05) is 0 Å². The maximum Gasteiger partial charge on any atom is 0.351 e. The van der Waals surface area contributed by atoms with Crippen LogP contribution in [0.5, 0.6) is 0 Å². The van der Waals surface area contributed by atoms with Crippen molar-refractivity contribution in [3.8, 4) is 18.0 Å². The Morgan fingerprint density at radius 2 is 1.95 bits per heavy atom. The lowest BCUT2D eigenvalue weighted by atomic mass is 10.1. The van der Waals surface area contributed by atoms with Crippen LogP contribution in [0.25, 0.3) is 11.3 Å². The molecule has 0 saturated carbocycles. The van der Waals surface area contributed by atoms with Crippen molar-refractivity contribution in [2.45, 2.75) is 20.4 Å². The molecule has 110 valence electrons. The normalized spacial score (nSPS) is 10.8. The minimum absolute atomic E-state index is 0.0313. The maximum absolute atomic E-state index is 12.6. The number of aromatic nitrogens is 4. The Morgan fingerprint density at radius 3 is 2.64 bits per heavy atom. The van der Waals surface area contributed by atoms with E-state index in [1.807, 2.05) is 32.0 Å². The van der Waals surface area contributed by atoms with E-state index in [4.69, 9.17) is 6.42 Å². The Labute approximate surface area is 126 Å². The zero-order valence-corrected chi connectivity index (χ0v) is 12.3. The molecule has 6 heteroatoms. The molecule has 22 heavy (non-hydrogen) atoms. The first kappa shape index (κ1) is 13.9. The standard InChI is InChI=1S/C16H14N4O2/c1-4-7-20-16(22)19-9-8-18(15(21)14(19)17-20)13-6-5-11(2)12(3)10-13/h1,5-6,8-10H,7H2,2-3H3. The molecule has 2 aromatic heterocycles. The molecule has 0 aliphatic heterocycles. The Morgan fingerprint density at radius 1 is 1.18 bits per heavy atom. The molecule has 1 aromatic carbocycles. The van der Waals surface area contributed by atoms with E-state index in [1.165, 1.54) is 15.2 Å². The third-order valence-electron chi connectivity index (χ3n) is 3.66. The van der Waals surface area contributed by atoms with Crippen LogP contribution < -0.4 is 11.2 Å². The fourth-order valence-corrected chi connectivity index (χ4v) is 2.28. The smallest absolute Gasteiger partial charge is 0.280 e. The van der Waals surface area contributed by atoms with Gasteiger partial charge in [0.2, 0.25) is 5.65 Å². The summed E-state index contributed by atoms with van der Waals surface area (Å²) < 4.78 is 3.77. The lowest BCUT2D eigenvalue weighted by molar-refractivity contribution is 0.684. The summed E-state index contributed by atoms with van der Waals surface area (Å²) in [7, 11) is 0. The number of aryl methyl sites for hydroxylation is 2. The van der Waals surface area contributed by atoms with Crippen LogP contribution in [0, 0.1) is 26.2 Å². The molecule has 0 bridgehead atoms. The van der Waals surface area contributed by atoms with Gasteiger partial charge in [-0.15, -0.1) is 11.5 Å². The molecule has 0 fully saturated rings. The SMILES string of the molecule is C#CCn1nc2c(=O)n(-c3ccc(C)c(C)c3)ccn2c1=O. The summed E-state index contributed by atoms with van der Waals surface area (Å²) in [6.07, 6.45) is 8.28. The van der Waals surface area contributed by atoms with Gasteiger partial charge >= 0.3 is 11.2 Å². The fourth-order valence-electron chi connectivity index (χ4n) is 2.28. The molecule has 6 nitrogen and oxygen atoms in total. The van der Waals surface area contributed by atoms with E-state index in [0.717, 1.165) is 21.5 Å². The summed E-state index contributed by atoms with van der Waals surface area (Å²) in [5.74, 6) is 2.34. The highest BCUT2D eigenvalue weighted by Gasteiger charge is 2.12. The van der Waals surface area contributed by atoms with Gasteiger partial charge in [0.1, 0.15) is 6.54 Å². The van der Waals surface area contributed by atoms with E-state index in [9.17, 15) is 9.59 Å². The van der Waals surface area contributed by atoms with Gasteiger partial charge in [-0.3, -0.25) is 9.36 Å². The minimum Gasteiger partial charge on any atom is -0.280 e. The van der Waals surface area contributed by atoms with Crippen molar-refractivity contribution in [2.24, 2.45) is 0 Å².